The van der Waals surface area contributed by atoms with Crippen LogP contribution in [0.4, 0.5) is 10.5 Å². The molecular weight excluding hydrogens is 278 g/mol. The maximum absolute atomic E-state index is 12.4. The Kier molecular flexibility index (Phi) is 5.06. The molecule has 0 unspecified atom stereocenters. The summed E-state index contributed by atoms with van der Waals surface area (Å²) in [5.74, 6) is 0.0378. The van der Waals surface area contributed by atoms with Gasteiger partial charge in [-0.2, -0.15) is 0 Å². The summed E-state index contributed by atoms with van der Waals surface area (Å²) in [6.45, 7) is 5.32. The molecule has 120 valence electrons. The quantitative estimate of drug-likeness (QED) is 0.913. The van der Waals surface area contributed by atoms with Crippen molar-refractivity contribution >= 4 is 17.6 Å². The topological polar surface area (TPSA) is 52.7 Å². The predicted molar refractivity (Wildman–Crippen MR) is 87.9 cm³/mol. The number of hydrogen-bond acceptors (Lipinski definition) is 2. The third-order valence-electron chi connectivity index (χ3n) is 4.16. The van der Waals surface area contributed by atoms with Crippen LogP contribution in [-0.2, 0) is 4.79 Å². The summed E-state index contributed by atoms with van der Waals surface area (Å²) in [5, 5.41) is 3.02. The predicted octanol–water partition coefficient (Wildman–Crippen LogP) is 2.64. The van der Waals surface area contributed by atoms with E-state index in [0.717, 1.165) is 24.1 Å². The second-order valence-electron chi connectivity index (χ2n) is 6.25. The highest BCUT2D eigenvalue weighted by Gasteiger charge is 2.28. The van der Waals surface area contributed by atoms with E-state index in [1.54, 1.807) is 23.9 Å². The monoisotopic (exact) mass is 303 g/mol. The number of carbonyl (C=O) groups excluding carboxylic acids is 2. The molecule has 0 bridgehead atoms. The maximum atomic E-state index is 12.4. The zero-order valence-corrected chi connectivity index (χ0v) is 13.8. The molecule has 5 heteroatoms. The molecular formula is C17H25N3O2. The summed E-state index contributed by atoms with van der Waals surface area (Å²) >= 11 is 0. The summed E-state index contributed by atoms with van der Waals surface area (Å²) in [6.07, 6.45) is 1.44. The number of nitrogens with one attached hydrogen (secondary N) is 1. The Morgan fingerprint density at radius 2 is 1.82 bits per heavy atom. The van der Waals surface area contributed by atoms with E-state index in [1.165, 1.54) is 5.56 Å². The Balaban J connectivity index is 1.91. The molecule has 0 saturated carbocycles. The van der Waals surface area contributed by atoms with Crippen molar-refractivity contribution in [1.82, 2.24) is 9.80 Å². The highest BCUT2D eigenvalue weighted by molar-refractivity contribution is 5.93. The lowest BCUT2D eigenvalue weighted by molar-refractivity contribution is -0.121. The molecule has 0 spiro atoms. The van der Waals surface area contributed by atoms with Crippen molar-refractivity contribution in [3.05, 3.63) is 29.3 Å². The first-order chi connectivity index (χ1) is 10.4. The molecule has 2 rings (SSSR count). The lowest BCUT2D eigenvalue weighted by atomic mass is 9.95. The summed E-state index contributed by atoms with van der Waals surface area (Å²) in [6, 6.07) is 6.04. The average molecular weight is 303 g/mol. The zero-order chi connectivity index (χ0) is 16.3. The van der Waals surface area contributed by atoms with Gasteiger partial charge in [0, 0.05) is 38.8 Å². The highest BCUT2D eigenvalue weighted by atomic mass is 16.2. The van der Waals surface area contributed by atoms with Gasteiger partial charge in [-0.1, -0.05) is 17.7 Å². The summed E-state index contributed by atoms with van der Waals surface area (Å²) in [5.41, 5.74) is 3.14. The molecule has 0 aliphatic carbocycles. The fraction of sp³-hybridized carbons (Fsp3) is 0.529. The fourth-order valence-corrected chi connectivity index (χ4v) is 2.80. The van der Waals surface area contributed by atoms with Crippen molar-refractivity contribution < 1.29 is 9.59 Å². The number of urea groups is 1. The van der Waals surface area contributed by atoms with E-state index in [1.807, 2.05) is 26.0 Å². The molecule has 3 amide bonds. The van der Waals surface area contributed by atoms with Crippen LogP contribution in [-0.4, -0.2) is 48.9 Å². The second kappa shape index (κ2) is 6.81. The van der Waals surface area contributed by atoms with E-state index in [0.29, 0.717) is 13.1 Å². The molecule has 1 aliphatic heterocycles. The SMILES string of the molecule is Cc1ccc(NC(=O)C2CCN(C(=O)N(C)C)CC2)c(C)c1. The molecule has 0 aromatic heterocycles. The largest absolute Gasteiger partial charge is 0.331 e. The summed E-state index contributed by atoms with van der Waals surface area (Å²) < 4.78 is 0. The van der Waals surface area contributed by atoms with E-state index in [-0.39, 0.29) is 17.9 Å². The van der Waals surface area contributed by atoms with Crippen molar-refractivity contribution in [2.45, 2.75) is 26.7 Å². The van der Waals surface area contributed by atoms with E-state index in [2.05, 4.69) is 11.4 Å². The van der Waals surface area contributed by atoms with Crippen LogP contribution < -0.4 is 5.32 Å². The Morgan fingerprint density at radius 3 is 2.36 bits per heavy atom. The van der Waals surface area contributed by atoms with Gasteiger partial charge in [0.15, 0.2) is 0 Å². The first-order valence-electron chi connectivity index (χ1n) is 7.73. The number of rotatable bonds is 2. The standard InChI is InChI=1S/C17H25N3O2/c1-12-5-6-15(13(2)11-12)18-16(21)14-7-9-20(10-8-14)17(22)19(3)4/h5-6,11,14H,7-10H2,1-4H3,(H,18,21). The summed E-state index contributed by atoms with van der Waals surface area (Å²) in [7, 11) is 3.50. The molecule has 0 radical (unpaired) electrons. The van der Waals surface area contributed by atoms with Gasteiger partial charge in [0.2, 0.25) is 5.91 Å². The van der Waals surface area contributed by atoms with Crippen LogP contribution in [0.1, 0.15) is 24.0 Å². The Labute approximate surface area is 132 Å². The van der Waals surface area contributed by atoms with Crippen LogP contribution in [0, 0.1) is 19.8 Å². The second-order valence-corrected chi connectivity index (χ2v) is 6.25. The first-order valence-corrected chi connectivity index (χ1v) is 7.73. The van der Waals surface area contributed by atoms with Gasteiger partial charge in [-0.05, 0) is 38.3 Å². The minimum Gasteiger partial charge on any atom is -0.331 e. The van der Waals surface area contributed by atoms with Crippen molar-refractivity contribution in [1.29, 1.82) is 0 Å². The number of amides is 3. The van der Waals surface area contributed by atoms with Crippen LogP contribution >= 0.6 is 0 Å². The molecule has 1 aromatic rings. The van der Waals surface area contributed by atoms with Gasteiger partial charge in [-0.15, -0.1) is 0 Å². The fourth-order valence-electron chi connectivity index (χ4n) is 2.80. The van der Waals surface area contributed by atoms with E-state index < -0.39 is 0 Å². The van der Waals surface area contributed by atoms with Crippen molar-refractivity contribution in [2.24, 2.45) is 5.92 Å². The van der Waals surface area contributed by atoms with Crippen molar-refractivity contribution in [3.8, 4) is 0 Å². The first kappa shape index (κ1) is 16.3. The van der Waals surface area contributed by atoms with Crippen LogP contribution in [0.25, 0.3) is 0 Å². The summed E-state index contributed by atoms with van der Waals surface area (Å²) in [4.78, 5) is 27.7. The molecule has 0 atom stereocenters. The minimum atomic E-state index is -0.0214. The van der Waals surface area contributed by atoms with E-state index in [9.17, 15) is 9.59 Å². The lowest BCUT2D eigenvalue weighted by Crippen LogP contribution is -2.45. The van der Waals surface area contributed by atoms with Crippen LogP contribution in [0.5, 0.6) is 0 Å². The Bertz CT molecular complexity index is 561. The normalized spacial score (nSPS) is 15.5. The Morgan fingerprint density at radius 1 is 1.18 bits per heavy atom. The van der Waals surface area contributed by atoms with Gasteiger partial charge in [-0.25, -0.2) is 4.79 Å². The number of anilines is 1. The minimum absolute atomic E-state index is 0.0214. The third-order valence-corrected chi connectivity index (χ3v) is 4.16. The van der Waals surface area contributed by atoms with E-state index >= 15 is 0 Å². The number of likely N-dealkylation sites (tertiary alicyclic amines) is 1. The van der Waals surface area contributed by atoms with Crippen LogP contribution in [0.2, 0.25) is 0 Å². The van der Waals surface area contributed by atoms with Crippen molar-refractivity contribution in [3.63, 3.8) is 0 Å². The molecule has 1 saturated heterocycles. The van der Waals surface area contributed by atoms with Crippen molar-refractivity contribution in [2.75, 3.05) is 32.5 Å². The van der Waals surface area contributed by atoms with Gasteiger partial charge < -0.3 is 15.1 Å². The van der Waals surface area contributed by atoms with Gasteiger partial charge >= 0.3 is 6.03 Å². The number of nitrogens with zero attached hydrogens (tertiary/aromatic N) is 2. The molecule has 22 heavy (non-hydrogen) atoms. The van der Waals surface area contributed by atoms with Crippen LogP contribution in [0.3, 0.4) is 0 Å². The highest BCUT2D eigenvalue weighted by Crippen LogP contribution is 2.22. The number of benzene rings is 1. The molecule has 1 aromatic carbocycles. The van der Waals surface area contributed by atoms with Gasteiger partial charge in [0.1, 0.15) is 0 Å². The molecule has 1 N–H and O–H groups in total. The molecule has 1 aliphatic rings. The van der Waals surface area contributed by atoms with E-state index in [4.69, 9.17) is 0 Å². The van der Waals surface area contributed by atoms with Gasteiger partial charge in [0.05, 0.1) is 0 Å². The molecule has 5 nitrogen and oxygen atoms in total. The maximum Gasteiger partial charge on any atom is 0.319 e. The lowest BCUT2D eigenvalue weighted by Gasteiger charge is -2.33. The molecule has 1 heterocycles. The number of carbonyl (C=O) groups is 2. The molecule has 1 fully saturated rings. The number of aryl methyl sites for hydroxylation is 2. The Hall–Kier alpha value is -2.04. The number of piperidine rings is 1. The van der Waals surface area contributed by atoms with Crippen LogP contribution in [0.15, 0.2) is 18.2 Å². The average Bonchev–Trinajstić information content (AvgIpc) is 2.49. The smallest absolute Gasteiger partial charge is 0.319 e. The number of hydrogen-bond donors (Lipinski definition) is 1. The van der Waals surface area contributed by atoms with Gasteiger partial charge in [-0.3, -0.25) is 4.79 Å². The zero-order valence-electron chi connectivity index (χ0n) is 13.8. The third kappa shape index (κ3) is 3.78. The van der Waals surface area contributed by atoms with Gasteiger partial charge in [0.25, 0.3) is 0 Å².